The molecule has 120 valence electrons. The third-order valence-corrected chi connectivity index (χ3v) is 5.11. The molecule has 22 heavy (non-hydrogen) atoms. The van der Waals surface area contributed by atoms with E-state index >= 15 is 0 Å². The maximum atomic E-state index is 9.84. The van der Waals surface area contributed by atoms with Crippen molar-refractivity contribution in [2.75, 3.05) is 7.11 Å². The molecule has 0 unspecified atom stereocenters. The molecule has 0 bridgehead atoms. The molecule has 0 spiro atoms. The number of hydrogen-bond acceptors (Lipinski definition) is 3. The van der Waals surface area contributed by atoms with Crippen molar-refractivity contribution < 1.29 is 4.84 Å². The van der Waals surface area contributed by atoms with E-state index in [1.54, 1.807) is 7.11 Å². The van der Waals surface area contributed by atoms with E-state index in [1.165, 1.54) is 5.56 Å². The van der Waals surface area contributed by atoms with E-state index < -0.39 is 5.54 Å². The van der Waals surface area contributed by atoms with Crippen LogP contribution < -0.4 is 0 Å². The smallest absolute Gasteiger partial charge is 0.133 e. The van der Waals surface area contributed by atoms with Gasteiger partial charge in [0.05, 0.1) is 19.7 Å². The van der Waals surface area contributed by atoms with Crippen LogP contribution in [0.1, 0.15) is 52.0 Å². The van der Waals surface area contributed by atoms with Crippen LogP contribution in [0.15, 0.2) is 30.3 Å². The van der Waals surface area contributed by atoms with E-state index in [4.69, 9.17) is 4.84 Å². The highest BCUT2D eigenvalue weighted by atomic mass is 16.7. The molecular weight excluding hydrogens is 272 g/mol. The van der Waals surface area contributed by atoms with Crippen LogP contribution in [0.4, 0.5) is 0 Å². The van der Waals surface area contributed by atoms with Gasteiger partial charge in [0.25, 0.3) is 0 Å². The summed E-state index contributed by atoms with van der Waals surface area (Å²) in [7, 11) is 1.68. The molecular formula is C19H28N2O. The molecule has 1 saturated carbocycles. The van der Waals surface area contributed by atoms with Crippen molar-refractivity contribution in [3.63, 3.8) is 0 Å². The molecule has 0 radical (unpaired) electrons. The SMILES string of the molecule is CON(Cc1ccccc1)C1(C#N)CCC(C(C)(C)C)CC1. The second-order valence-electron chi connectivity index (χ2n) is 7.49. The van der Waals surface area contributed by atoms with Gasteiger partial charge in [0.2, 0.25) is 0 Å². The number of benzene rings is 1. The summed E-state index contributed by atoms with van der Waals surface area (Å²) >= 11 is 0. The second kappa shape index (κ2) is 6.81. The topological polar surface area (TPSA) is 36.3 Å². The molecule has 1 aromatic rings. The van der Waals surface area contributed by atoms with Gasteiger partial charge in [-0.3, -0.25) is 0 Å². The molecule has 3 heteroatoms. The highest BCUT2D eigenvalue weighted by Crippen LogP contribution is 2.43. The summed E-state index contributed by atoms with van der Waals surface area (Å²) in [6, 6.07) is 12.8. The molecule has 0 heterocycles. The Hall–Kier alpha value is -1.37. The molecule has 1 aliphatic carbocycles. The van der Waals surface area contributed by atoms with Gasteiger partial charge in [0.15, 0.2) is 0 Å². The van der Waals surface area contributed by atoms with Crippen molar-refractivity contribution in [1.82, 2.24) is 5.06 Å². The summed E-state index contributed by atoms with van der Waals surface area (Å²) in [6.45, 7) is 7.56. The van der Waals surface area contributed by atoms with Crippen molar-refractivity contribution in [2.24, 2.45) is 11.3 Å². The van der Waals surface area contributed by atoms with E-state index in [1.807, 2.05) is 23.3 Å². The number of hydroxylamine groups is 2. The minimum Gasteiger partial charge on any atom is -0.300 e. The van der Waals surface area contributed by atoms with Gasteiger partial charge in [-0.25, -0.2) is 0 Å². The van der Waals surface area contributed by atoms with Crippen molar-refractivity contribution in [3.8, 4) is 6.07 Å². The van der Waals surface area contributed by atoms with Gasteiger partial charge in [0.1, 0.15) is 5.54 Å². The van der Waals surface area contributed by atoms with Gasteiger partial charge in [-0.2, -0.15) is 10.3 Å². The van der Waals surface area contributed by atoms with E-state index in [0.717, 1.165) is 25.7 Å². The average molecular weight is 300 g/mol. The molecule has 1 aliphatic rings. The molecule has 2 rings (SSSR count). The van der Waals surface area contributed by atoms with Gasteiger partial charge in [0, 0.05) is 0 Å². The Labute approximate surface area is 134 Å². The molecule has 3 nitrogen and oxygen atoms in total. The third-order valence-electron chi connectivity index (χ3n) is 5.11. The first-order valence-corrected chi connectivity index (χ1v) is 8.18. The van der Waals surface area contributed by atoms with Gasteiger partial charge < -0.3 is 4.84 Å². The van der Waals surface area contributed by atoms with Crippen LogP contribution in [-0.4, -0.2) is 17.7 Å². The molecule has 0 N–H and O–H groups in total. The van der Waals surface area contributed by atoms with Crippen molar-refractivity contribution in [1.29, 1.82) is 5.26 Å². The van der Waals surface area contributed by atoms with E-state index in [9.17, 15) is 5.26 Å². The zero-order valence-electron chi connectivity index (χ0n) is 14.3. The minimum atomic E-state index is -0.494. The zero-order chi connectivity index (χ0) is 16.2. The van der Waals surface area contributed by atoms with Crippen LogP contribution in [-0.2, 0) is 11.4 Å². The van der Waals surface area contributed by atoms with Gasteiger partial charge >= 0.3 is 0 Å². The minimum absolute atomic E-state index is 0.318. The van der Waals surface area contributed by atoms with E-state index in [2.05, 4.69) is 39.0 Å². The summed E-state index contributed by atoms with van der Waals surface area (Å²) in [5.74, 6) is 0.685. The second-order valence-corrected chi connectivity index (χ2v) is 7.49. The van der Waals surface area contributed by atoms with Crippen LogP contribution in [0.25, 0.3) is 0 Å². The standard InChI is InChI=1S/C19H28N2O/c1-18(2,3)17-10-12-19(15-20,13-11-17)21(22-4)14-16-8-6-5-7-9-16/h5-9,17H,10-14H2,1-4H3. The number of rotatable bonds is 4. The highest BCUT2D eigenvalue weighted by molar-refractivity contribution is 5.17. The third kappa shape index (κ3) is 3.69. The predicted octanol–water partition coefficient (Wildman–Crippen LogP) is 4.55. The fourth-order valence-corrected chi connectivity index (χ4v) is 3.52. The molecule has 0 aliphatic heterocycles. The Morgan fingerprint density at radius 2 is 1.82 bits per heavy atom. The monoisotopic (exact) mass is 300 g/mol. The van der Waals surface area contributed by atoms with Gasteiger partial charge in [-0.15, -0.1) is 0 Å². The van der Waals surface area contributed by atoms with Crippen LogP contribution >= 0.6 is 0 Å². The Morgan fingerprint density at radius 3 is 2.27 bits per heavy atom. The van der Waals surface area contributed by atoms with Crippen LogP contribution in [0.3, 0.4) is 0 Å². The Bertz CT molecular complexity index is 504. The first kappa shape index (κ1) is 17.0. The van der Waals surface area contributed by atoms with Crippen molar-refractivity contribution in [3.05, 3.63) is 35.9 Å². The lowest BCUT2D eigenvalue weighted by molar-refractivity contribution is -0.204. The van der Waals surface area contributed by atoms with Crippen molar-refractivity contribution in [2.45, 2.75) is 58.5 Å². The Balaban J connectivity index is 2.11. The lowest BCUT2D eigenvalue weighted by atomic mass is 9.67. The molecule has 0 amide bonds. The molecule has 0 atom stereocenters. The summed E-state index contributed by atoms with van der Waals surface area (Å²) in [6.07, 6.45) is 3.94. The molecule has 1 aromatic carbocycles. The number of hydrogen-bond donors (Lipinski definition) is 0. The quantitative estimate of drug-likeness (QED) is 0.765. The van der Waals surface area contributed by atoms with E-state index in [-0.39, 0.29) is 0 Å². The zero-order valence-corrected chi connectivity index (χ0v) is 14.3. The normalized spacial score (nSPS) is 25.9. The predicted molar refractivity (Wildman–Crippen MR) is 88.8 cm³/mol. The van der Waals surface area contributed by atoms with Gasteiger partial charge in [-0.1, -0.05) is 51.1 Å². The highest BCUT2D eigenvalue weighted by Gasteiger charge is 2.43. The largest absolute Gasteiger partial charge is 0.300 e. The molecule has 0 saturated heterocycles. The van der Waals surface area contributed by atoms with Gasteiger partial charge in [-0.05, 0) is 42.6 Å². The van der Waals surface area contributed by atoms with Crippen LogP contribution in [0.5, 0.6) is 0 Å². The first-order valence-electron chi connectivity index (χ1n) is 8.18. The summed E-state index contributed by atoms with van der Waals surface area (Å²) in [5.41, 5.74) is 1.00. The summed E-state index contributed by atoms with van der Waals surface area (Å²) < 4.78 is 0. The lowest BCUT2D eigenvalue weighted by Gasteiger charge is -2.44. The van der Waals surface area contributed by atoms with E-state index in [0.29, 0.717) is 17.9 Å². The Kier molecular flexibility index (Phi) is 5.26. The number of nitrogens with zero attached hydrogens (tertiary/aromatic N) is 2. The van der Waals surface area contributed by atoms with Crippen molar-refractivity contribution >= 4 is 0 Å². The molecule has 1 fully saturated rings. The fraction of sp³-hybridized carbons (Fsp3) is 0.632. The first-order chi connectivity index (χ1) is 10.4. The maximum Gasteiger partial charge on any atom is 0.133 e. The molecule has 0 aromatic heterocycles. The lowest BCUT2D eigenvalue weighted by Crippen LogP contribution is -2.50. The van der Waals surface area contributed by atoms with Crippen LogP contribution in [0.2, 0.25) is 0 Å². The summed E-state index contributed by atoms with van der Waals surface area (Å²) in [4.78, 5) is 5.62. The summed E-state index contributed by atoms with van der Waals surface area (Å²) in [5, 5.41) is 11.7. The Morgan fingerprint density at radius 1 is 1.23 bits per heavy atom. The average Bonchev–Trinajstić information content (AvgIpc) is 2.52. The maximum absolute atomic E-state index is 9.84. The number of nitriles is 1. The fourth-order valence-electron chi connectivity index (χ4n) is 3.52. The van der Waals surface area contributed by atoms with Crippen LogP contribution in [0, 0.1) is 22.7 Å².